The van der Waals surface area contributed by atoms with E-state index in [4.69, 9.17) is 11.6 Å². The summed E-state index contributed by atoms with van der Waals surface area (Å²) in [5.74, 6) is 0.814. The molecule has 58 valence electrons. The van der Waals surface area contributed by atoms with Crippen LogP contribution in [-0.2, 0) is 0 Å². The van der Waals surface area contributed by atoms with Gasteiger partial charge in [-0.25, -0.2) is 0 Å². The van der Waals surface area contributed by atoms with E-state index in [9.17, 15) is 0 Å². The van der Waals surface area contributed by atoms with Crippen LogP contribution >= 0.6 is 11.6 Å². The number of benzene rings is 1. The van der Waals surface area contributed by atoms with Crippen molar-refractivity contribution in [1.29, 1.82) is 0 Å². The molecule has 2 rings (SSSR count). The van der Waals surface area contributed by atoms with Crippen LogP contribution in [0.1, 0.15) is 29.9 Å². The van der Waals surface area contributed by atoms with Crippen LogP contribution in [0.5, 0.6) is 0 Å². The first-order valence-electron chi connectivity index (χ1n) is 4.03. The van der Waals surface area contributed by atoms with Crippen molar-refractivity contribution in [2.75, 3.05) is 0 Å². The van der Waals surface area contributed by atoms with Crippen molar-refractivity contribution < 1.29 is 0 Å². The zero-order valence-corrected chi connectivity index (χ0v) is 7.36. The average Bonchev–Trinajstić information content (AvgIpc) is 2.76. The van der Waals surface area contributed by atoms with Gasteiger partial charge in [-0.15, -0.1) is 0 Å². The number of halogens is 1. The molecule has 0 bridgehead atoms. The predicted molar refractivity (Wildman–Crippen MR) is 48.2 cm³/mol. The van der Waals surface area contributed by atoms with Crippen LogP contribution < -0.4 is 0 Å². The van der Waals surface area contributed by atoms with Crippen molar-refractivity contribution in [3.63, 3.8) is 0 Å². The lowest BCUT2D eigenvalue weighted by Crippen LogP contribution is -1.84. The minimum atomic E-state index is 0.814. The van der Waals surface area contributed by atoms with Gasteiger partial charge in [0.1, 0.15) is 0 Å². The summed E-state index contributed by atoms with van der Waals surface area (Å²) in [6.07, 6.45) is 2.70. The monoisotopic (exact) mass is 166 g/mol. The van der Waals surface area contributed by atoms with Crippen LogP contribution in [0.2, 0.25) is 5.02 Å². The molecule has 1 aliphatic carbocycles. The second kappa shape index (κ2) is 2.53. The Morgan fingerprint density at radius 2 is 2.09 bits per heavy atom. The number of hydrogen-bond acceptors (Lipinski definition) is 0. The molecule has 1 aliphatic rings. The normalized spacial score (nSPS) is 16.9. The Kier molecular flexibility index (Phi) is 1.65. The van der Waals surface area contributed by atoms with E-state index in [-0.39, 0.29) is 0 Å². The Labute approximate surface area is 72.2 Å². The second-order valence-corrected chi connectivity index (χ2v) is 3.71. The molecule has 1 heteroatoms. The molecule has 0 atom stereocenters. The number of hydrogen-bond donors (Lipinski definition) is 0. The first kappa shape index (κ1) is 7.17. The van der Waals surface area contributed by atoms with Gasteiger partial charge in [0.2, 0.25) is 0 Å². The van der Waals surface area contributed by atoms with E-state index in [0.29, 0.717) is 0 Å². The molecule has 0 aromatic heterocycles. The highest BCUT2D eigenvalue weighted by Crippen LogP contribution is 2.42. The number of aryl methyl sites for hydroxylation is 1. The third-order valence-electron chi connectivity index (χ3n) is 2.26. The molecule has 1 saturated carbocycles. The van der Waals surface area contributed by atoms with Gasteiger partial charge in [-0.05, 0) is 48.9 Å². The fraction of sp³-hybridized carbons (Fsp3) is 0.400. The molecule has 0 radical (unpaired) electrons. The van der Waals surface area contributed by atoms with Crippen molar-refractivity contribution in [3.05, 3.63) is 34.3 Å². The molecule has 0 nitrogen and oxygen atoms in total. The van der Waals surface area contributed by atoms with Gasteiger partial charge in [-0.2, -0.15) is 0 Å². The van der Waals surface area contributed by atoms with Gasteiger partial charge in [0.05, 0.1) is 0 Å². The maximum atomic E-state index is 5.89. The van der Waals surface area contributed by atoms with Gasteiger partial charge >= 0.3 is 0 Å². The SMILES string of the molecule is Cc1ccc(Cl)cc1C1CC1. The molecule has 0 heterocycles. The van der Waals surface area contributed by atoms with Crippen molar-refractivity contribution in [1.82, 2.24) is 0 Å². The van der Waals surface area contributed by atoms with Crippen LogP contribution in [0, 0.1) is 6.92 Å². The summed E-state index contributed by atoms with van der Waals surface area (Å²) in [5.41, 5.74) is 2.84. The predicted octanol–water partition coefficient (Wildman–Crippen LogP) is 3.53. The topological polar surface area (TPSA) is 0 Å². The van der Waals surface area contributed by atoms with Gasteiger partial charge in [0.15, 0.2) is 0 Å². The molecular weight excluding hydrogens is 156 g/mol. The van der Waals surface area contributed by atoms with E-state index in [1.165, 1.54) is 24.0 Å². The maximum absolute atomic E-state index is 5.89. The second-order valence-electron chi connectivity index (χ2n) is 3.28. The standard InChI is InChI=1S/C10H11Cl/c1-7-2-5-9(11)6-10(7)8-3-4-8/h2,5-6,8H,3-4H2,1H3. The van der Waals surface area contributed by atoms with Crippen LogP contribution in [-0.4, -0.2) is 0 Å². The van der Waals surface area contributed by atoms with Crippen LogP contribution in [0.25, 0.3) is 0 Å². The van der Waals surface area contributed by atoms with Gasteiger partial charge in [-0.1, -0.05) is 17.7 Å². The van der Waals surface area contributed by atoms with E-state index >= 15 is 0 Å². The van der Waals surface area contributed by atoms with Crippen molar-refractivity contribution in [2.45, 2.75) is 25.7 Å². The molecule has 1 aromatic rings. The highest BCUT2D eigenvalue weighted by atomic mass is 35.5. The lowest BCUT2D eigenvalue weighted by molar-refractivity contribution is 1.10. The summed E-state index contributed by atoms with van der Waals surface area (Å²) in [4.78, 5) is 0. The molecular formula is C10H11Cl. The maximum Gasteiger partial charge on any atom is 0.0409 e. The fourth-order valence-corrected chi connectivity index (χ4v) is 1.63. The first-order chi connectivity index (χ1) is 5.27. The number of rotatable bonds is 1. The third-order valence-corrected chi connectivity index (χ3v) is 2.49. The van der Waals surface area contributed by atoms with E-state index in [1.54, 1.807) is 0 Å². The van der Waals surface area contributed by atoms with Crippen LogP contribution in [0.3, 0.4) is 0 Å². The molecule has 0 amide bonds. The average molecular weight is 167 g/mol. The molecule has 0 N–H and O–H groups in total. The molecule has 0 spiro atoms. The molecule has 11 heavy (non-hydrogen) atoms. The summed E-state index contributed by atoms with van der Waals surface area (Å²) < 4.78 is 0. The summed E-state index contributed by atoms with van der Waals surface area (Å²) in [7, 11) is 0. The van der Waals surface area contributed by atoms with Gasteiger partial charge in [-0.3, -0.25) is 0 Å². The molecule has 0 saturated heterocycles. The van der Waals surface area contributed by atoms with E-state index < -0.39 is 0 Å². The lowest BCUT2D eigenvalue weighted by Gasteiger charge is -2.02. The lowest BCUT2D eigenvalue weighted by atomic mass is 10.1. The van der Waals surface area contributed by atoms with Crippen LogP contribution in [0.4, 0.5) is 0 Å². The Morgan fingerprint density at radius 1 is 1.36 bits per heavy atom. The minimum absolute atomic E-state index is 0.814. The highest BCUT2D eigenvalue weighted by Gasteiger charge is 2.24. The van der Waals surface area contributed by atoms with Crippen molar-refractivity contribution in [2.24, 2.45) is 0 Å². The Balaban J connectivity index is 2.42. The van der Waals surface area contributed by atoms with Gasteiger partial charge in [0.25, 0.3) is 0 Å². The molecule has 0 aliphatic heterocycles. The van der Waals surface area contributed by atoms with Crippen LogP contribution in [0.15, 0.2) is 18.2 Å². The third kappa shape index (κ3) is 1.41. The highest BCUT2D eigenvalue weighted by molar-refractivity contribution is 6.30. The van der Waals surface area contributed by atoms with Crippen molar-refractivity contribution >= 4 is 11.6 Å². The summed E-state index contributed by atoms with van der Waals surface area (Å²) in [6.45, 7) is 2.16. The Morgan fingerprint density at radius 3 is 2.73 bits per heavy atom. The van der Waals surface area contributed by atoms with E-state index in [0.717, 1.165) is 10.9 Å². The van der Waals surface area contributed by atoms with Gasteiger partial charge < -0.3 is 0 Å². The molecule has 0 unspecified atom stereocenters. The summed E-state index contributed by atoms with van der Waals surface area (Å²) in [5, 5.41) is 0.873. The smallest absolute Gasteiger partial charge is 0.0409 e. The summed E-state index contributed by atoms with van der Waals surface area (Å²) in [6, 6.07) is 6.17. The summed E-state index contributed by atoms with van der Waals surface area (Å²) >= 11 is 5.89. The Bertz CT molecular complexity index is 274. The zero-order valence-electron chi connectivity index (χ0n) is 6.60. The zero-order chi connectivity index (χ0) is 7.84. The fourth-order valence-electron chi connectivity index (χ4n) is 1.45. The van der Waals surface area contributed by atoms with Gasteiger partial charge in [0, 0.05) is 5.02 Å². The first-order valence-corrected chi connectivity index (χ1v) is 4.41. The quantitative estimate of drug-likeness (QED) is 0.599. The molecule has 1 aromatic carbocycles. The van der Waals surface area contributed by atoms with E-state index in [1.807, 2.05) is 6.07 Å². The Hall–Kier alpha value is -0.490. The largest absolute Gasteiger partial charge is 0.0843 e. The minimum Gasteiger partial charge on any atom is -0.0843 e. The van der Waals surface area contributed by atoms with Crippen molar-refractivity contribution in [3.8, 4) is 0 Å². The van der Waals surface area contributed by atoms with E-state index in [2.05, 4.69) is 19.1 Å². The molecule has 1 fully saturated rings.